The lowest BCUT2D eigenvalue weighted by molar-refractivity contribution is 0.0221. The first-order chi connectivity index (χ1) is 24.2. The number of ether oxygens (including phenoxy) is 3. The Labute approximate surface area is 309 Å². The highest BCUT2D eigenvalue weighted by Crippen LogP contribution is 2.28. The second-order valence-corrected chi connectivity index (χ2v) is 16.2. The van der Waals surface area contributed by atoms with E-state index < -0.39 is 0 Å². The van der Waals surface area contributed by atoms with Crippen molar-refractivity contribution < 1.29 is 14.2 Å². The van der Waals surface area contributed by atoms with Crippen LogP contribution in [0.2, 0.25) is 0 Å². The molecule has 0 amide bonds. The second-order valence-electron chi connectivity index (χ2n) is 16.2. The minimum atomic E-state index is -0.176. The highest BCUT2D eigenvalue weighted by atomic mass is 16.5. The van der Waals surface area contributed by atoms with Crippen molar-refractivity contribution in [3.8, 4) is 0 Å². The molecular weight excluding hydrogens is 629 g/mol. The zero-order valence-corrected chi connectivity index (χ0v) is 32.9. The molecule has 0 saturated heterocycles. The summed E-state index contributed by atoms with van der Waals surface area (Å²) in [5, 5.41) is 7.69. The smallest absolute Gasteiger partial charge is 0.0797 e. The maximum absolute atomic E-state index is 6.38. The summed E-state index contributed by atoms with van der Waals surface area (Å²) in [7, 11) is 0. The molecule has 2 N–H and O–H groups in total. The van der Waals surface area contributed by atoms with Crippen LogP contribution in [0.3, 0.4) is 0 Å². The summed E-state index contributed by atoms with van der Waals surface area (Å²) in [6, 6.07) is 39.1. The Bertz CT molecular complexity index is 1430. The first-order valence-corrected chi connectivity index (χ1v) is 18.9. The molecule has 0 aliphatic heterocycles. The third kappa shape index (κ3) is 13.0. The lowest BCUT2D eigenvalue weighted by Crippen LogP contribution is -2.47. The Kier molecular flexibility index (Phi) is 15.0. The maximum Gasteiger partial charge on any atom is 0.0797 e. The van der Waals surface area contributed by atoms with Crippen LogP contribution in [-0.4, -0.2) is 24.3 Å². The molecule has 276 valence electrons. The summed E-state index contributed by atoms with van der Waals surface area (Å²) in [6.45, 7) is 24.5. The van der Waals surface area contributed by atoms with Crippen LogP contribution in [0.5, 0.6) is 0 Å². The van der Waals surface area contributed by atoms with Gasteiger partial charge in [-0.05, 0) is 86.8 Å². The molecule has 5 nitrogen and oxygen atoms in total. The summed E-state index contributed by atoms with van der Waals surface area (Å²) in [4.78, 5) is 0. The van der Waals surface area contributed by atoms with Gasteiger partial charge in [0, 0.05) is 23.2 Å². The van der Waals surface area contributed by atoms with Gasteiger partial charge in [-0.25, -0.2) is 0 Å². The molecule has 4 rings (SSSR count). The molecule has 0 bridgehead atoms. The van der Waals surface area contributed by atoms with E-state index in [9.17, 15) is 0 Å². The van der Waals surface area contributed by atoms with Crippen molar-refractivity contribution in [3.05, 3.63) is 143 Å². The van der Waals surface area contributed by atoms with Crippen molar-refractivity contribution in [2.45, 2.75) is 118 Å². The highest BCUT2D eigenvalue weighted by Gasteiger charge is 2.28. The van der Waals surface area contributed by atoms with E-state index in [1.54, 1.807) is 0 Å². The molecule has 4 unspecified atom stereocenters. The minimum Gasteiger partial charge on any atom is -0.372 e. The van der Waals surface area contributed by atoms with Crippen LogP contribution in [-0.2, 0) is 27.4 Å². The standard InChI is InChI=1S/C46H64N2O3/c1-33(2)43(41-17-13-11-14-18-41)47-45(7,8)31-50-35(5)39-25-21-37(22-26-39)29-49-30-38-23-27-40(28-24-38)36(6)51-32-46(9,10)48-44(34(3)4)42-19-15-12-16-20-42/h11-28,33-36,43-44,47-48H,29-32H2,1-10H3. The third-order valence-corrected chi connectivity index (χ3v) is 9.57. The van der Waals surface area contributed by atoms with E-state index >= 15 is 0 Å². The summed E-state index contributed by atoms with van der Waals surface area (Å²) in [5.41, 5.74) is 6.90. The molecule has 0 aromatic heterocycles. The van der Waals surface area contributed by atoms with Crippen LogP contribution in [0.25, 0.3) is 0 Å². The topological polar surface area (TPSA) is 51.8 Å². The minimum absolute atomic E-state index is 0.00580. The van der Waals surface area contributed by atoms with Gasteiger partial charge in [-0.3, -0.25) is 0 Å². The molecule has 0 aliphatic carbocycles. The molecule has 51 heavy (non-hydrogen) atoms. The molecular formula is C46H64N2O3. The Hall–Kier alpha value is -3.32. The van der Waals surface area contributed by atoms with Gasteiger partial charge in [0.2, 0.25) is 0 Å². The van der Waals surface area contributed by atoms with Crippen molar-refractivity contribution >= 4 is 0 Å². The first kappa shape index (κ1) is 40.5. The van der Waals surface area contributed by atoms with Gasteiger partial charge in [-0.2, -0.15) is 0 Å². The van der Waals surface area contributed by atoms with Crippen molar-refractivity contribution in [1.29, 1.82) is 0 Å². The zero-order valence-electron chi connectivity index (χ0n) is 32.9. The summed E-state index contributed by atoms with van der Waals surface area (Å²) >= 11 is 0. The van der Waals surface area contributed by atoms with Crippen LogP contribution >= 0.6 is 0 Å². The molecule has 0 aliphatic rings. The molecule has 0 heterocycles. The molecule has 0 saturated carbocycles. The van der Waals surface area contributed by atoms with Gasteiger partial charge in [-0.1, -0.05) is 137 Å². The predicted octanol–water partition coefficient (Wildman–Crippen LogP) is 11.1. The molecule has 0 spiro atoms. The van der Waals surface area contributed by atoms with Gasteiger partial charge in [0.25, 0.3) is 0 Å². The van der Waals surface area contributed by atoms with Crippen LogP contribution in [0, 0.1) is 11.8 Å². The van der Waals surface area contributed by atoms with E-state index in [4.69, 9.17) is 14.2 Å². The van der Waals surface area contributed by atoms with Gasteiger partial charge in [0.1, 0.15) is 0 Å². The van der Waals surface area contributed by atoms with Crippen molar-refractivity contribution in [1.82, 2.24) is 10.6 Å². The quantitative estimate of drug-likeness (QED) is 0.0965. The Morgan fingerprint density at radius 3 is 1.10 bits per heavy atom. The second kappa shape index (κ2) is 19.0. The van der Waals surface area contributed by atoms with Gasteiger partial charge in [0.15, 0.2) is 0 Å². The first-order valence-electron chi connectivity index (χ1n) is 18.9. The van der Waals surface area contributed by atoms with Crippen LogP contribution in [0.4, 0.5) is 0 Å². The highest BCUT2D eigenvalue weighted by molar-refractivity contribution is 5.26. The Morgan fingerprint density at radius 1 is 0.451 bits per heavy atom. The fourth-order valence-corrected chi connectivity index (χ4v) is 6.43. The van der Waals surface area contributed by atoms with E-state index in [0.29, 0.717) is 38.3 Å². The molecule has 4 aromatic rings. The van der Waals surface area contributed by atoms with E-state index in [0.717, 1.165) is 11.1 Å². The Morgan fingerprint density at radius 2 is 0.784 bits per heavy atom. The number of rotatable bonds is 20. The maximum atomic E-state index is 6.38. The number of benzene rings is 4. The van der Waals surface area contributed by atoms with Crippen molar-refractivity contribution in [2.24, 2.45) is 11.8 Å². The normalized spacial score (nSPS) is 14.8. The SMILES string of the molecule is CC(OCC(C)(C)NC(c1ccccc1)C(C)C)c1ccc(COCc2ccc(C(C)OCC(C)(C)NC(c3ccccc3)C(C)C)cc2)cc1. The predicted molar refractivity (Wildman–Crippen MR) is 213 cm³/mol. The monoisotopic (exact) mass is 692 g/mol. The summed E-state index contributed by atoms with van der Waals surface area (Å²) in [6.07, 6.45) is -0.0116. The summed E-state index contributed by atoms with van der Waals surface area (Å²) in [5.74, 6) is 0.937. The summed E-state index contributed by atoms with van der Waals surface area (Å²) < 4.78 is 18.9. The lowest BCUT2D eigenvalue weighted by atomic mass is 9.92. The van der Waals surface area contributed by atoms with E-state index in [-0.39, 0.29) is 35.4 Å². The van der Waals surface area contributed by atoms with Gasteiger partial charge < -0.3 is 24.8 Å². The van der Waals surface area contributed by atoms with Crippen LogP contribution in [0.1, 0.15) is 127 Å². The van der Waals surface area contributed by atoms with Crippen LogP contribution in [0.15, 0.2) is 109 Å². The average molecular weight is 693 g/mol. The molecule has 0 radical (unpaired) electrons. The molecule has 4 atom stereocenters. The number of hydrogen-bond acceptors (Lipinski definition) is 5. The van der Waals surface area contributed by atoms with Crippen molar-refractivity contribution in [3.63, 3.8) is 0 Å². The fraction of sp³-hybridized carbons (Fsp3) is 0.478. The Balaban J connectivity index is 1.19. The van der Waals surface area contributed by atoms with Gasteiger partial charge in [-0.15, -0.1) is 0 Å². The third-order valence-electron chi connectivity index (χ3n) is 9.57. The van der Waals surface area contributed by atoms with Crippen molar-refractivity contribution in [2.75, 3.05) is 13.2 Å². The molecule has 0 fully saturated rings. The molecule has 5 heteroatoms. The number of nitrogens with one attached hydrogen (secondary N) is 2. The zero-order chi connectivity index (χ0) is 37.0. The largest absolute Gasteiger partial charge is 0.372 e. The van der Waals surface area contributed by atoms with Crippen LogP contribution < -0.4 is 10.6 Å². The average Bonchev–Trinajstić information content (AvgIpc) is 3.12. The fourth-order valence-electron chi connectivity index (χ4n) is 6.43. The number of hydrogen-bond donors (Lipinski definition) is 2. The van der Waals surface area contributed by atoms with E-state index in [2.05, 4.69) is 189 Å². The van der Waals surface area contributed by atoms with E-state index in [1.165, 1.54) is 22.3 Å². The van der Waals surface area contributed by atoms with E-state index in [1.807, 2.05) is 0 Å². The van der Waals surface area contributed by atoms with Gasteiger partial charge in [0.05, 0.1) is 38.6 Å². The molecule has 4 aromatic carbocycles. The lowest BCUT2D eigenvalue weighted by Gasteiger charge is -2.35. The van der Waals surface area contributed by atoms with Gasteiger partial charge >= 0.3 is 0 Å².